The van der Waals surface area contributed by atoms with E-state index in [-0.39, 0.29) is 0 Å². The van der Waals surface area contributed by atoms with Crippen molar-refractivity contribution < 1.29 is 9.90 Å². The van der Waals surface area contributed by atoms with Crippen LogP contribution in [0.3, 0.4) is 0 Å². The standard InChI is InChI=1S/C16H19NO2S/c1-3-11-6-5-7-12(4-2)15(11)17-10-13-8-9-14(20-13)16(18)19/h5-9,17H,3-4,10H2,1-2H3,(H,18,19). The fraction of sp³-hybridized carbons (Fsp3) is 0.312. The van der Waals surface area contributed by atoms with Crippen molar-refractivity contribution in [3.63, 3.8) is 0 Å². The Morgan fingerprint density at radius 3 is 2.30 bits per heavy atom. The zero-order chi connectivity index (χ0) is 14.5. The van der Waals surface area contributed by atoms with Gasteiger partial charge in [0, 0.05) is 17.1 Å². The van der Waals surface area contributed by atoms with E-state index in [1.165, 1.54) is 28.2 Å². The molecular formula is C16H19NO2S. The monoisotopic (exact) mass is 289 g/mol. The first kappa shape index (κ1) is 14.6. The van der Waals surface area contributed by atoms with Crippen molar-refractivity contribution in [3.05, 3.63) is 51.2 Å². The number of carboxylic acid groups (broad SMARTS) is 1. The van der Waals surface area contributed by atoms with Crippen molar-refractivity contribution in [2.45, 2.75) is 33.2 Å². The quantitative estimate of drug-likeness (QED) is 0.838. The van der Waals surface area contributed by atoms with E-state index < -0.39 is 5.97 Å². The number of carbonyl (C=O) groups is 1. The Morgan fingerprint density at radius 2 is 1.80 bits per heavy atom. The van der Waals surface area contributed by atoms with Crippen molar-refractivity contribution in [1.82, 2.24) is 0 Å². The maximum Gasteiger partial charge on any atom is 0.345 e. The SMILES string of the molecule is CCc1cccc(CC)c1NCc1ccc(C(=O)O)s1. The summed E-state index contributed by atoms with van der Waals surface area (Å²) in [5, 5.41) is 12.4. The molecule has 1 aromatic heterocycles. The summed E-state index contributed by atoms with van der Waals surface area (Å²) in [4.78, 5) is 12.3. The highest BCUT2D eigenvalue weighted by Crippen LogP contribution is 2.24. The van der Waals surface area contributed by atoms with E-state index in [0.717, 1.165) is 17.7 Å². The second-order valence-electron chi connectivity index (χ2n) is 4.58. The molecule has 1 aromatic carbocycles. The van der Waals surface area contributed by atoms with E-state index >= 15 is 0 Å². The van der Waals surface area contributed by atoms with Crippen LogP contribution in [0, 0.1) is 0 Å². The number of hydrogen-bond acceptors (Lipinski definition) is 3. The van der Waals surface area contributed by atoms with Crippen LogP contribution >= 0.6 is 11.3 Å². The first-order chi connectivity index (χ1) is 9.65. The number of aryl methyl sites for hydroxylation is 2. The molecular weight excluding hydrogens is 270 g/mol. The summed E-state index contributed by atoms with van der Waals surface area (Å²) in [6, 6.07) is 9.91. The van der Waals surface area contributed by atoms with Crippen LogP contribution in [0.5, 0.6) is 0 Å². The second-order valence-corrected chi connectivity index (χ2v) is 5.75. The van der Waals surface area contributed by atoms with Gasteiger partial charge in [-0.3, -0.25) is 0 Å². The summed E-state index contributed by atoms with van der Waals surface area (Å²) in [7, 11) is 0. The van der Waals surface area contributed by atoms with Crippen LogP contribution in [0.25, 0.3) is 0 Å². The molecule has 106 valence electrons. The van der Waals surface area contributed by atoms with Gasteiger partial charge in [0.25, 0.3) is 0 Å². The second kappa shape index (κ2) is 6.57. The van der Waals surface area contributed by atoms with Gasteiger partial charge < -0.3 is 10.4 Å². The van der Waals surface area contributed by atoms with Crippen molar-refractivity contribution >= 4 is 23.0 Å². The Bertz CT molecular complexity index is 582. The van der Waals surface area contributed by atoms with Gasteiger partial charge in [-0.25, -0.2) is 4.79 Å². The Morgan fingerprint density at radius 1 is 1.15 bits per heavy atom. The molecule has 0 aliphatic carbocycles. The van der Waals surface area contributed by atoms with E-state index in [1.54, 1.807) is 6.07 Å². The lowest BCUT2D eigenvalue weighted by Gasteiger charge is -2.14. The molecule has 0 saturated carbocycles. The molecule has 0 aliphatic heterocycles. The van der Waals surface area contributed by atoms with Gasteiger partial charge in [-0.1, -0.05) is 32.0 Å². The average molecular weight is 289 g/mol. The van der Waals surface area contributed by atoms with Gasteiger partial charge >= 0.3 is 5.97 Å². The number of anilines is 1. The number of benzene rings is 1. The summed E-state index contributed by atoms with van der Waals surface area (Å²) < 4.78 is 0. The maximum atomic E-state index is 10.9. The van der Waals surface area contributed by atoms with E-state index in [9.17, 15) is 4.79 Å². The first-order valence-electron chi connectivity index (χ1n) is 6.82. The minimum absolute atomic E-state index is 0.390. The van der Waals surface area contributed by atoms with Gasteiger partial charge in [0.05, 0.1) is 0 Å². The van der Waals surface area contributed by atoms with Crippen molar-refractivity contribution in [2.75, 3.05) is 5.32 Å². The van der Waals surface area contributed by atoms with Gasteiger partial charge in [-0.05, 0) is 36.1 Å². The van der Waals surface area contributed by atoms with Gasteiger partial charge in [-0.15, -0.1) is 11.3 Å². The topological polar surface area (TPSA) is 49.3 Å². The molecule has 2 N–H and O–H groups in total. The number of thiophene rings is 1. The number of hydrogen-bond donors (Lipinski definition) is 2. The molecule has 0 atom stereocenters. The lowest BCUT2D eigenvalue weighted by atomic mass is 10.0. The van der Waals surface area contributed by atoms with E-state index in [0.29, 0.717) is 11.4 Å². The Balaban J connectivity index is 2.15. The van der Waals surface area contributed by atoms with Crippen LogP contribution in [0.1, 0.15) is 39.5 Å². The van der Waals surface area contributed by atoms with Gasteiger partial charge in [-0.2, -0.15) is 0 Å². The van der Waals surface area contributed by atoms with E-state index in [4.69, 9.17) is 5.11 Å². The maximum absolute atomic E-state index is 10.9. The zero-order valence-corrected chi connectivity index (χ0v) is 12.6. The van der Waals surface area contributed by atoms with Crippen molar-refractivity contribution in [2.24, 2.45) is 0 Å². The number of aromatic carboxylic acids is 1. The third kappa shape index (κ3) is 3.20. The zero-order valence-electron chi connectivity index (χ0n) is 11.8. The fourth-order valence-electron chi connectivity index (χ4n) is 2.23. The van der Waals surface area contributed by atoms with Crippen molar-refractivity contribution in [1.29, 1.82) is 0 Å². The Labute approximate surface area is 123 Å². The summed E-state index contributed by atoms with van der Waals surface area (Å²) in [5.41, 5.74) is 3.81. The van der Waals surface area contributed by atoms with Crippen LogP contribution in [0.2, 0.25) is 0 Å². The summed E-state index contributed by atoms with van der Waals surface area (Å²) in [6.45, 7) is 4.96. The number of carboxylic acids is 1. The molecule has 0 aliphatic rings. The first-order valence-corrected chi connectivity index (χ1v) is 7.64. The molecule has 2 aromatic rings. The van der Waals surface area contributed by atoms with Crippen molar-refractivity contribution in [3.8, 4) is 0 Å². The largest absolute Gasteiger partial charge is 0.477 e. The predicted octanol–water partition coefficient (Wildman–Crippen LogP) is 4.18. The van der Waals surface area contributed by atoms with Crippen LogP contribution in [-0.4, -0.2) is 11.1 Å². The molecule has 0 spiro atoms. The van der Waals surface area contributed by atoms with E-state index in [2.05, 4.69) is 37.4 Å². The molecule has 3 nitrogen and oxygen atoms in total. The summed E-state index contributed by atoms with van der Waals surface area (Å²) >= 11 is 1.33. The van der Waals surface area contributed by atoms with E-state index in [1.807, 2.05) is 6.07 Å². The molecule has 0 bridgehead atoms. The number of nitrogens with one attached hydrogen (secondary N) is 1. The smallest absolute Gasteiger partial charge is 0.345 e. The number of para-hydroxylation sites is 1. The molecule has 0 saturated heterocycles. The number of rotatable bonds is 6. The van der Waals surface area contributed by atoms with Crippen LogP contribution < -0.4 is 5.32 Å². The van der Waals surface area contributed by atoms with Gasteiger partial charge in [0.2, 0.25) is 0 Å². The minimum Gasteiger partial charge on any atom is -0.477 e. The highest BCUT2D eigenvalue weighted by Gasteiger charge is 2.09. The molecule has 0 radical (unpaired) electrons. The lowest BCUT2D eigenvalue weighted by Crippen LogP contribution is -2.04. The highest BCUT2D eigenvalue weighted by molar-refractivity contribution is 7.13. The van der Waals surface area contributed by atoms with Crippen LogP contribution in [-0.2, 0) is 19.4 Å². The third-order valence-corrected chi connectivity index (χ3v) is 4.38. The normalized spacial score (nSPS) is 10.5. The summed E-state index contributed by atoms with van der Waals surface area (Å²) in [5.74, 6) is -0.857. The average Bonchev–Trinajstić information content (AvgIpc) is 2.93. The Hall–Kier alpha value is -1.81. The molecule has 0 fully saturated rings. The molecule has 0 unspecified atom stereocenters. The third-order valence-electron chi connectivity index (χ3n) is 3.31. The minimum atomic E-state index is -0.857. The summed E-state index contributed by atoms with van der Waals surface area (Å²) in [6.07, 6.45) is 1.97. The molecule has 1 heterocycles. The molecule has 4 heteroatoms. The lowest BCUT2D eigenvalue weighted by molar-refractivity contribution is 0.0702. The molecule has 2 rings (SSSR count). The van der Waals surface area contributed by atoms with Crippen LogP contribution in [0.15, 0.2) is 30.3 Å². The predicted molar refractivity (Wildman–Crippen MR) is 83.8 cm³/mol. The highest BCUT2D eigenvalue weighted by atomic mass is 32.1. The Kier molecular flexibility index (Phi) is 4.79. The van der Waals surface area contributed by atoms with Gasteiger partial charge in [0.15, 0.2) is 0 Å². The molecule has 20 heavy (non-hydrogen) atoms. The molecule has 0 amide bonds. The van der Waals surface area contributed by atoms with Gasteiger partial charge in [0.1, 0.15) is 4.88 Å². The van der Waals surface area contributed by atoms with Crippen LogP contribution in [0.4, 0.5) is 5.69 Å². The fourth-order valence-corrected chi connectivity index (χ4v) is 3.02.